The van der Waals surface area contributed by atoms with Gasteiger partial charge in [-0.05, 0) is 12.8 Å². The molecule has 0 aromatic rings. The first-order valence-corrected chi connectivity index (χ1v) is 6.80. The lowest BCUT2D eigenvalue weighted by Gasteiger charge is -2.28. The fraction of sp³-hybridized carbons (Fsp3) is 0.917. The number of hydrogen-bond acceptors (Lipinski definition) is 4. The van der Waals surface area contributed by atoms with E-state index in [0.29, 0.717) is 12.5 Å². The summed E-state index contributed by atoms with van der Waals surface area (Å²) in [5.74, 6) is 0.455. The number of esters is 1. The quantitative estimate of drug-likeness (QED) is 0.397. The minimum absolute atomic E-state index is 0.0656. The van der Waals surface area contributed by atoms with E-state index in [1.54, 1.807) is 0 Å². The number of rotatable bonds is 7. The molecule has 1 saturated heterocycles. The average Bonchev–Trinajstić information content (AvgIpc) is 2.35. The number of ether oxygens (including phenoxy) is 2. The Labute approximate surface area is 108 Å². The van der Waals surface area contributed by atoms with Crippen LogP contribution < -0.4 is 0 Å². The third kappa shape index (κ3) is 6.24. The summed E-state index contributed by atoms with van der Waals surface area (Å²) >= 11 is 5.55. The molecule has 1 aliphatic heterocycles. The molecule has 0 amide bonds. The molecule has 4 nitrogen and oxygen atoms in total. The van der Waals surface area contributed by atoms with Crippen molar-refractivity contribution in [3.05, 3.63) is 0 Å². The minimum Gasteiger partial charge on any atom is -0.465 e. The Morgan fingerprint density at radius 3 is 2.76 bits per heavy atom. The molecular formula is C12H22ClNO3. The lowest BCUT2D eigenvalue weighted by Crippen LogP contribution is -2.40. The van der Waals surface area contributed by atoms with Crippen LogP contribution in [0, 0.1) is 5.92 Å². The second-order valence-corrected chi connectivity index (χ2v) is 4.76. The topological polar surface area (TPSA) is 38.8 Å². The van der Waals surface area contributed by atoms with Gasteiger partial charge in [0.05, 0.1) is 25.7 Å². The van der Waals surface area contributed by atoms with Gasteiger partial charge in [-0.15, -0.1) is 11.6 Å². The second-order valence-electron chi connectivity index (χ2n) is 4.38. The molecule has 0 aromatic heterocycles. The van der Waals surface area contributed by atoms with E-state index in [1.807, 2.05) is 6.92 Å². The molecule has 0 unspecified atom stereocenters. The van der Waals surface area contributed by atoms with E-state index >= 15 is 0 Å². The van der Waals surface area contributed by atoms with Crippen molar-refractivity contribution in [2.24, 2.45) is 5.92 Å². The lowest BCUT2D eigenvalue weighted by molar-refractivity contribution is -0.149. The van der Waals surface area contributed by atoms with Gasteiger partial charge in [0.1, 0.15) is 0 Å². The Hall–Kier alpha value is -0.320. The van der Waals surface area contributed by atoms with Crippen LogP contribution in [0.2, 0.25) is 0 Å². The van der Waals surface area contributed by atoms with Gasteiger partial charge in [0.15, 0.2) is 0 Å². The molecule has 100 valence electrons. The number of hydrogen-bond donors (Lipinski definition) is 0. The fourth-order valence-electron chi connectivity index (χ4n) is 1.76. The summed E-state index contributed by atoms with van der Waals surface area (Å²) in [5, 5.41) is 0. The molecule has 5 heteroatoms. The fourth-order valence-corrected chi connectivity index (χ4v) is 1.95. The van der Waals surface area contributed by atoms with E-state index in [4.69, 9.17) is 21.1 Å². The maximum absolute atomic E-state index is 11.7. The zero-order valence-electron chi connectivity index (χ0n) is 10.5. The SMILES string of the molecule is C[C@H](CN1CCOCC1)C(=O)OCCCCCl. The van der Waals surface area contributed by atoms with Gasteiger partial charge in [0.25, 0.3) is 0 Å². The summed E-state index contributed by atoms with van der Waals surface area (Å²) in [6.45, 7) is 6.50. The number of alkyl halides is 1. The van der Waals surface area contributed by atoms with Crippen molar-refractivity contribution in [1.29, 1.82) is 0 Å². The minimum atomic E-state index is -0.105. The predicted molar refractivity (Wildman–Crippen MR) is 67.3 cm³/mol. The number of nitrogens with zero attached hydrogens (tertiary/aromatic N) is 1. The van der Waals surface area contributed by atoms with Crippen LogP contribution in [0.25, 0.3) is 0 Å². The standard InChI is InChI=1S/C12H22ClNO3/c1-11(10-14-5-8-16-9-6-14)12(15)17-7-3-2-4-13/h11H,2-10H2,1H3/t11-/m1/s1. The van der Waals surface area contributed by atoms with Crippen LogP contribution in [-0.2, 0) is 14.3 Å². The van der Waals surface area contributed by atoms with Gasteiger partial charge in [0.2, 0.25) is 0 Å². The zero-order valence-corrected chi connectivity index (χ0v) is 11.2. The molecular weight excluding hydrogens is 242 g/mol. The van der Waals surface area contributed by atoms with E-state index in [1.165, 1.54) is 0 Å². The molecule has 1 heterocycles. The van der Waals surface area contributed by atoms with E-state index in [-0.39, 0.29) is 11.9 Å². The number of unbranched alkanes of at least 4 members (excludes halogenated alkanes) is 1. The molecule has 0 aliphatic carbocycles. The number of halogens is 1. The highest BCUT2D eigenvalue weighted by Gasteiger charge is 2.19. The van der Waals surface area contributed by atoms with Crippen LogP contribution in [0.1, 0.15) is 19.8 Å². The molecule has 0 saturated carbocycles. The predicted octanol–water partition coefficient (Wildman–Crippen LogP) is 1.52. The highest BCUT2D eigenvalue weighted by atomic mass is 35.5. The maximum Gasteiger partial charge on any atom is 0.309 e. The van der Waals surface area contributed by atoms with Crippen LogP contribution in [0.4, 0.5) is 0 Å². The molecule has 1 aliphatic rings. The number of carbonyl (C=O) groups is 1. The van der Waals surface area contributed by atoms with Gasteiger partial charge in [-0.1, -0.05) is 6.92 Å². The van der Waals surface area contributed by atoms with Gasteiger partial charge in [-0.2, -0.15) is 0 Å². The van der Waals surface area contributed by atoms with Crippen LogP contribution in [-0.4, -0.2) is 56.2 Å². The number of morpholine rings is 1. The van der Waals surface area contributed by atoms with Gasteiger partial charge < -0.3 is 9.47 Å². The average molecular weight is 264 g/mol. The van der Waals surface area contributed by atoms with Gasteiger partial charge in [-0.3, -0.25) is 9.69 Å². The Bertz CT molecular complexity index is 220. The van der Waals surface area contributed by atoms with Crippen molar-refractivity contribution < 1.29 is 14.3 Å². The van der Waals surface area contributed by atoms with Gasteiger partial charge in [-0.25, -0.2) is 0 Å². The van der Waals surface area contributed by atoms with Crippen molar-refractivity contribution in [2.45, 2.75) is 19.8 Å². The largest absolute Gasteiger partial charge is 0.465 e. The Morgan fingerprint density at radius 1 is 1.41 bits per heavy atom. The van der Waals surface area contributed by atoms with Crippen LogP contribution in [0.3, 0.4) is 0 Å². The Balaban J connectivity index is 2.12. The molecule has 0 N–H and O–H groups in total. The Morgan fingerprint density at radius 2 is 2.12 bits per heavy atom. The summed E-state index contributed by atoms with van der Waals surface area (Å²) < 4.78 is 10.5. The molecule has 17 heavy (non-hydrogen) atoms. The molecule has 0 aromatic carbocycles. The summed E-state index contributed by atoms with van der Waals surface area (Å²) in [7, 11) is 0. The van der Waals surface area contributed by atoms with Crippen molar-refractivity contribution >= 4 is 17.6 Å². The van der Waals surface area contributed by atoms with Crippen molar-refractivity contribution in [3.8, 4) is 0 Å². The van der Waals surface area contributed by atoms with Crippen molar-refractivity contribution in [1.82, 2.24) is 4.90 Å². The number of carbonyl (C=O) groups excluding carboxylic acids is 1. The Kier molecular flexibility index (Phi) is 7.56. The van der Waals surface area contributed by atoms with Crippen molar-refractivity contribution in [3.63, 3.8) is 0 Å². The van der Waals surface area contributed by atoms with E-state index in [0.717, 1.165) is 45.7 Å². The third-order valence-electron chi connectivity index (χ3n) is 2.81. The maximum atomic E-state index is 11.7. The van der Waals surface area contributed by atoms with Crippen LogP contribution in [0.15, 0.2) is 0 Å². The summed E-state index contributed by atoms with van der Waals surface area (Å²) in [4.78, 5) is 13.9. The molecule has 1 fully saturated rings. The first-order chi connectivity index (χ1) is 8.24. The molecule has 1 rings (SSSR count). The molecule has 0 spiro atoms. The smallest absolute Gasteiger partial charge is 0.309 e. The first-order valence-electron chi connectivity index (χ1n) is 6.26. The van der Waals surface area contributed by atoms with Crippen LogP contribution in [0.5, 0.6) is 0 Å². The monoisotopic (exact) mass is 263 g/mol. The van der Waals surface area contributed by atoms with E-state index < -0.39 is 0 Å². The molecule has 1 atom stereocenters. The third-order valence-corrected chi connectivity index (χ3v) is 3.08. The normalized spacial score (nSPS) is 18.9. The first kappa shape index (κ1) is 14.7. The molecule has 0 bridgehead atoms. The summed E-state index contributed by atoms with van der Waals surface area (Å²) in [6.07, 6.45) is 1.74. The van der Waals surface area contributed by atoms with Gasteiger partial charge in [0, 0.05) is 25.5 Å². The van der Waals surface area contributed by atoms with Gasteiger partial charge >= 0.3 is 5.97 Å². The lowest BCUT2D eigenvalue weighted by atomic mass is 10.1. The van der Waals surface area contributed by atoms with E-state index in [9.17, 15) is 4.79 Å². The summed E-state index contributed by atoms with van der Waals surface area (Å²) in [6, 6.07) is 0. The van der Waals surface area contributed by atoms with E-state index in [2.05, 4.69) is 4.90 Å². The second kappa shape index (κ2) is 8.72. The van der Waals surface area contributed by atoms with Crippen molar-refractivity contribution in [2.75, 3.05) is 45.3 Å². The molecule has 0 radical (unpaired) electrons. The highest BCUT2D eigenvalue weighted by molar-refractivity contribution is 6.17. The highest BCUT2D eigenvalue weighted by Crippen LogP contribution is 2.06. The zero-order chi connectivity index (χ0) is 12.5. The summed E-state index contributed by atoms with van der Waals surface area (Å²) in [5.41, 5.74) is 0. The van der Waals surface area contributed by atoms with Crippen LogP contribution >= 0.6 is 11.6 Å².